The third-order valence-corrected chi connectivity index (χ3v) is 5.71. The molecule has 2 aliphatic rings. The number of anilines is 1. The molecule has 2 amide bonds. The van der Waals surface area contributed by atoms with E-state index in [1.54, 1.807) is 18.2 Å². The number of amides is 2. The number of ketones is 1. The number of carbonyl (C=O) groups excluding carboxylic acids is 3. The van der Waals surface area contributed by atoms with E-state index >= 15 is 0 Å². The Morgan fingerprint density at radius 3 is 2.72 bits per heavy atom. The van der Waals surface area contributed by atoms with Crippen LogP contribution in [-0.4, -0.2) is 43.9 Å². The number of hydrogen-bond donors (Lipinski definition) is 1. The average Bonchev–Trinajstić information content (AvgIpc) is 3.62. The van der Waals surface area contributed by atoms with Crippen LogP contribution in [0.1, 0.15) is 48.5 Å². The lowest BCUT2D eigenvalue weighted by atomic mass is 10.0. The summed E-state index contributed by atoms with van der Waals surface area (Å²) in [5.41, 5.74) is 1.86. The molecule has 0 atom stereocenters. The molecule has 7 nitrogen and oxygen atoms in total. The molecule has 1 N–H and O–H groups in total. The lowest BCUT2D eigenvalue weighted by Crippen LogP contribution is -2.45. The van der Waals surface area contributed by atoms with Crippen molar-refractivity contribution in [3.05, 3.63) is 53.6 Å². The predicted octanol–water partition coefficient (Wildman–Crippen LogP) is 3.32. The van der Waals surface area contributed by atoms with E-state index in [9.17, 15) is 14.4 Å². The Labute approximate surface area is 187 Å². The van der Waals surface area contributed by atoms with Crippen LogP contribution in [0.3, 0.4) is 0 Å². The third kappa shape index (κ3) is 5.10. The average molecular weight is 437 g/mol. The monoisotopic (exact) mass is 436 g/mol. The highest BCUT2D eigenvalue weighted by molar-refractivity contribution is 6.04. The van der Waals surface area contributed by atoms with E-state index in [-0.39, 0.29) is 43.3 Å². The van der Waals surface area contributed by atoms with Gasteiger partial charge in [0.1, 0.15) is 18.0 Å². The van der Waals surface area contributed by atoms with Crippen molar-refractivity contribution in [1.82, 2.24) is 5.32 Å². The molecule has 0 spiro atoms. The topological polar surface area (TPSA) is 84.9 Å². The van der Waals surface area contributed by atoms with E-state index in [2.05, 4.69) is 19.2 Å². The standard InChI is InChI=1S/C25H28N2O5/c1-16(2)19-5-3-4-6-22(19)31-14-21(28)18-9-10-23-20(11-18)27(25(30)15-32-23)13-24(29)26-12-17-7-8-17/h3-6,9-11,16-17H,7-8,12-15H2,1-2H3,(H,26,29). The minimum atomic E-state index is -0.314. The molecule has 2 aromatic rings. The van der Waals surface area contributed by atoms with Crippen molar-refractivity contribution in [2.75, 3.05) is 31.2 Å². The van der Waals surface area contributed by atoms with E-state index in [0.717, 1.165) is 18.4 Å². The van der Waals surface area contributed by atoms with Crippen LogP contribution >= 0.6 is 0 Å². The van der Waals surface area contributed by atoms with Gasteiger partial charge in [0.05, 0.1) is 5.69 Å². The van der Waals surface area contributed by atoms with Gasteiger partial charge in [-0.3, -0.25) is 19.3 Å². The maximum absolute atomic E-state index is 12.8. The van der Waals surface area contributed by atoms with E-state index in [0.29, 0.717) is 35.2 Å². The summed E-state index contributed by atoms with van der Waals surface area (Å²) in [6.45, 7) is 4.42. The van der Waals surface area contributed by atoms with Crippen molar-refractivity contribution in [3.8, 4) is 11.5 Å². The van der Waals surface area contributed by atoms with Gasteiger partial charge in [0, 0.05) is 12.1 Å². The summed E-state index contributed by atoms with van der Waals surface area (Å²) in [7, 11) is 0. The number of nitrogens with zero attached hydrogens (tertiary/aromatic N) is 1. The second kappa shape index (κ2) is 9.42. The molecule has 32 heavy (non-hydrogen) atoms. The molecule has 2 aromatic carbocycles. The quantitative estimate of drug-likeness (QED) is 0.610. The Kier molecular flexibility index (Phi) is 6.44. The molecule has 0 aromatic heterocycles. The number of ether oxygens (including phenoxy) is 2. The molecule has 7 heteroatoms. The Balaban J connectivity index is 1.46. The van der Waals surface area contributed by atoms with Gasteiger partial charge in [0.2, 0.25) is 5.91 Å². The number of nitrogens with one attached hydrogen (secondary N) is 1. The molecule has 0 radical (unpaired) electrons. The van der Waals surface area contributed by atoms with Gasteiger partial charge in [-0.15, -0.1) is 0 Å². The van der Waals surface area contributed by atoms with E-state index in [1.165, 1.54) is 4.90 Å². The van der Waals surface area contributed by atoms with Crippen LogP contribution in [0.4, 0.5) is 5.69 Å². The van der Waals surface area contributed by atoms with Crippen molar-refractivity contribution >= 4 is 23.3 Å². The molecule has 0 unspecified atom stereocenters. The first-order valence-corrected chi connectivity index (χ1v) is 11.0. The first-order chi connectivity index (χ1) is 15.4. The summed E-state index contributed by atoms with van der Waals surface area (Å²) in [6, 6.07) is 12.6. The molecule has 1 aliphatic carbocycles. The Hall–Kier alpha value is -3.35. The fourth-order valence-electron chi connectivity index (χ4n) is 3.64. The molecule has 1 saturated carbocycles. The normalized spacial score (nSPS) is 15.2. The van der Waals surface area contributed by atoms with Crippen LogP contribution in [0.25, 0.3) is 0 Å². The summed E-state index contributed by atoms with van der Waals surface area (Å²) in [6.07, 6.45) is 2.27. The molecular formula is C25H28N2O5. The molecule has 1 aliphatic heterocycles. The minimum absolute atomic E-state index is 0.0994. The molecule has 168 valence electrons. The van der Waals surface area contributed by atoms with Gasteiger partial charge < -0.3 is 14.8 Å². The van der Waals surface area contributed by atoms with Crippen LogP contribution in [0, 0.1) is 5.92 Å². The summed E-state index contributed by atoms with van der Waals surface area (Å²) in [4.78, 5) is 39.0. The number of fused-ring (bicyclic) bond motifs is 1. The largest absolute Gasteiger partial charge is 0.485 e. The number of benzene rings is 2. The Bertz CT molecular complexity index is 1030. The molecule has 0 bridgehead atoms. The van der Waals surface area contributed by atoms with Gasteiger partial charge in [-0.2, -0.15) is 0 Å². The second-order valence-corrected chi connectivity index (χ2v) is 8.60. The number of carbonyl (C=O) groups is 3. The summed E-state index contributed by atoms with van der Waals surface area (Å²) in [5, 5.41) is 2.87. The molecule has 1 fully saturated rings. The van der Waals surface area contributed by atoms with Crippen molar-refractivity contribution in [2.24, 2.45) is 5.92 Å². The first kappa shape index (κ1) is 21.9. The van der Waals surface area contributed by atoms with Crippen LogP contribution in [0.15, 0.2) is 42.5 Å². The van der Waals surface area contributed by atoms with Crippen molar-refractivity contribution in [2.45, 2.75) is 32.6 Å². The number of hydrogen-bond acceptors (Lipinski definition) is 5. The highest BCUT2D eigenvalue weighted by Gasteiger charge is 2.29. The zero-order valence-corrected chi connectivity index (χ0v) is 18.4. The highest BCUT2D eigenvalue weighted by Crippen LogP contribution is 2.33. The van der Waals surface area contributed by atoms with E-state index < -0.39 is 0 Å². The summed E-state index contributed by atoms with van der Waals surface area (Å²) >= 11 is 0. The Morgan fingerprint density at radius 2 is 1.97 bits per heavy atom. The van der Waals surface area contributed by atoms with Crippen LogP contribution in [-0.2, 0) is 9.59 Å². The molecule has 0 saturated heterocycles. The van der Waals surface area contributed by atoms with E-state index in [1.807, 2.05) is 24.3 Å². The zero-order valence-electron chi connectivity index (χ0n) is 18.4. The van der Waals surface area contributed by atoms with E-state index in [4.69, 9.17) is 9.47 Å². The summed E-state index contributed by atoms with van der Waals surface area (Å²) < 4.78 is 11.3. The van der Waals surface area contributed by atoms with Gasteiger partial charge in [0.15, 0.2) is 19.0 Å². The number of rotatable bonds is 9. The van der Waals surface area contributed by atoms with Crippen LogP contribution < -0.4 is 19.7 Å². The van der Waals surface area contributed by atoms with Crippen molar-refractivity contribution < 1.29 is 23.9 Å². The zero-order chi connectivity index (χ0) is 22.7. The first-order valence-electron chi connectivity index (χ1n) is 11.0. The fourth-order valence-corrected chi connectivity index (χ4v) is 3.64. The predicted molar refractivity (Wildman–Crippen MR) is 120 cm³/mol. The molecular weight excluding hydrogens is 408 g/mol. The smallest absolute Gasteiger partial charge is 0.265 e. The van der Waals surface area contributed by atoms with Crippen LogP contribution in [0.5, 0.6) is 11.5 Å². The Morgan fingerprint density at radius 1 is 1.19 bits per heavy atom. The molecule has 4 rings (SSSR count). The van der Waals surface area contributed by atoms with Gasteiger partial charge in [-0.25, -0.2) is 0 Å². The van der Waals surface area contributed by atoms with Gasteiger partial charge in [-0.1, -0.05) is 32.0 Å². The number of Topliss-reactive ketones (excluding diaryl/α,β-unsaturated/α-hetero) is 1. The fraction of sp³-hybridized carbons (Fsp3) is 0.400. The SMILES string of the molecule is CC(C)c1ccccc1OCC(=O)c1ccc2c(c1)N(CC(=O)NCC1CC1)C(=O)CO2. The van der Waals surface area contributed by atoms with Crippen molar-refractivity contribution in [1.29, 1.82) is 0 Å². The van der Waals surface area contributed by atoms with Crippen LogP contribution in [0.2, 0.25) is 0 Å². The third-order valence-electron chi connectivity index (χ3n) is 5.71. The lowest BCUT2D eigenvalue weighted by molar-refractivity contribution is -0.125. The summed E-state index contributed by atoms with van der Waals surface area (Å²) in [5.74, 6) is 1.23. The maximum atomic E-state index is 12.8. The second-order valence-electron chi connectivity index (χ2n) is 8.60. The maximum Gasteiger partial charge on any atom is 0.265 e. The molecule has 1 heterocycles. The van der Waals surface area contributed by atoms with Gasteiger partial charge >= 0.3 is 0 Å². The number of para-hydroxylation sites is 1. The highest BCUT2D eigenvalue weighted by atomic mass is 16.5. The lowest BCUT2D eigenvalue weighted by Gasteiger charge is -2.29. The van der Waals surface area contributed by atoms with Gasteiger partial charge in [-0.05, 0) is 54.5 Å². The van der Waals surface area contributed by atoms with Crippen molar-refractivity contribution in [3.63, 3.8) is 0 Å². The minimum Gasteiger partial charge on any atom is -0.485 e. The van der Waals surface area contributed by atoms with Gasteiger partial charge in [0.25, 0.3) is 5.91 Å².